The van der Waals surface area contributed by atoms with Crippen LogP contribution >= 0.6 is 0 Å². The first kappa shape index (κ1) is 12.3. The predicted molar refractivity (Wildman–Crippen MR) is 64.9 cm³/mol. The second-order valence-corrected chi connectivity index (χ2v) is 5.38. The quantitative estimate of drug-likeness (QED) is 0.828. The molecule has 2 aromatic rings. The minimum atomic E-state index is -3.67. The van der Waals surface area contributed by atoms with Gasteiger partial charge in [0, 0.05) is 11.8 Å². The van der Waals surface area contributed by atoms with E-state index in [4.69, 9.17) is 10.5 Å². The van der Waals surface area contributed by atoms with Crippen LogP contribution in [0.4, 0.5) is 5.69 Å². The number of benzene rings is 1. The SMILES string of the molecule is COc1ccc(S(=O)(=O)c2ccc(N)cc2)nn1. The lowest BCUT2D eigenvalue weighted by Crippen LogP contribution is -2.06. The normalized spacial score (nSPS) is 11.2. The minimum absolute atomic E-state index is 0.121. The highest BCUT2D eigenvalue weighted by Crippen LogP contribution is 2.20. The zero-order valence-electron chi connectivity index (χ0n) is 9.57. The molecule has 1 aromatic carbocycles. The number of ether oxygens (including phenoxy) is 1. The van der Waals surface area contributed by atoms with E-state index in [-0.39, 0.29) is 15.8 Å². The van der Waals surface area contributed by atoms with Gasteiger partial charge in [-0.1, -0.05) is 0 Å². The maximum absolute atomic E-state index is 12.2. The summed E-state index contributed by atoms with van der Waals surface area (Å²) in [6.45, 7) is 0. The van der Waals surface area contributed by atoms with Crippen molar-refractivity contribution in [3.63, 3.8) is 0 Å². The summed E-state index contributed by atoms with van der Waals surface area (Å²) in [5, 5.41) is 7.12. The van der Waals surface area contributed by atoms with Crippen molar-refractivity contribution in [2.24, 2.45) is 0 Å². The van der Waals surface area contributed by atoms with Crippen LogP contribution in [0, 0.1) is 0 Å². The van der Waals surface area contributed by atoms with Gasteiger partial charge < -0.3 is 10.5 Å². The zero-order chi connectivity index (χ0) is 13.2. The second kappa shape index (κ2) is 4.61. The first-order valence-electron chi connectivity index (χ1n) is 5.02. The maximum Gasteiger partial charge on any atom is 0.233 e. The van der Waals surface area contributed by atoms with Crippen molar-refractivity contribution in [3.05, 3.63) is 36.4 Å². The minimum Gasteiger partial charge on any atom is -0.480 e. The molecule has 0 saturated heterocycles. The van der Waals surface area contributed by atoms with Gasteiger partial charge in [-0.05, 0) is 30.3 Å². The van der Waals surface area contributed by atoms with E-state index >= 15 is 0 Å². The molecule has 18 heavy (non-hydrogen) atoms. The van der Waals surface area contributed by atoms with E-state index in [9.17, 15) is 8.42 Å². The average molecular weight is 265 g/mol. The van der Waals surface area contributed by atoms with E-state index in [0.29, 0.717) is 5.69 Å². The summed E-state index contributed by atoms with van der Waals surface area (Å²) in [7, 11) is -2.24. The molecule has 0 bridgehead atoms. The third-order valence-electron chi connectivity index (χ3n) is 2.29. The molecule has 0 spiro atoms. The largest absolute Gasteiger partial charge is 0.480 e. The summed E-state index contributed by atoms with van der Waals surface area (Å²) in [5.41, 5.74) is 6.00. The van der Waals surface area contributed by atoms with Gasteiger partial charge in [0.1, 0.15) is 0 Å². The zero-order valence-corrected chi connectivity index (χ0v) is 10.4. The number of aromatic nitrogens is 2. The molecule has 6 nitrogen and oxygen atoms in total. The number of methoxy groups -OCH3 is 1. The summed E-state index contributed by atoms with van der Waals surface area (Å²) < 4.78 is 29.1. The van der Waals surface area contributed by atoms with Gasteiger partial charge in [0.25, 0.3) is 0 Å². The van der Waals surface area contributed by atoms with Crippen molar-refractivity contribution in [1.29, 1.82) is 0 Å². The number of hydrogen-bond donors (Lipinski definition) is 1. The van der Waals surface area contributed by atoms with Crippen LogP contribution in [0.25, 0.3) is 0 Å². The van der Waals surface area contributed by atoms with E-state index in [1.54, 1.807) is 0 Å². The number of anilines is 1. The molecular weight excluding hydrogens is 254 g/mol. The molecular formula is C11H11N3O3S. The van der Waals surface area contributed by atoms with E-state index in [0.717, 1.165) is 0 Å². The highest BCUT2D eigenvalue weighted by atomic mass is 32.2. The summed E-state index contributed by atoms with van der Waals surface area (Å²) in [5.74, 6) is 0.256. The van der Waals surface area contributed by atoms with Gasteiger partial charge in [0.2, 0.25) is 15.7 Å². The Morgan fingerprint density at radius 2 is 1.72 bits per heavy atom. The fraction of sp³-hybridized carbons (Fsp3) is 0.0909. The predicted octanol–water partition coefficient (Wildman–Crippen LogP) is 0.900. The number of nitrogens with two attached hydrogens (primary N) is 1. The van der Waals surface area contributed by atoms with Crippen LogP contribution in [0.2, 0.25) is 0 Å². The Hall–Kier alpha value is -2.15. The lowest BCUT2D eigenvalue weighted by molar-refractivity contribution is 0.389. The Morgan fingerprint density at radius 3 is 2.22 bits per heavy atom. The summed E-state index contributed by atoms with van der Waals surface area (Å²) in [4.78, 5) is 0.121. The summed E-state index contributed by atoms with van der Waals surface area (Å²) in [6.07, 6.45) is 0. The van der Waals surface area contributed by atoms with Crippen LogP contribution in [0.5, 0.6) is 5.88 Å². The lowest BCUT2D eigenvalue weighted by Gasteiger charge is -2.04. The Labute approximate surface area is 104 Å². The van der Waals surface area contributed by atoms with Crippen molar-refractivity contribution >= 4 is 15.5 Å². The number of hydrogen-bond acceptors (Lipinski definition) is 6. The monoisotopic (exact) mass is 265 g/mol. The third kappa shape index (κ3) is 2.25. The van der Waals surface area contributed by atoms with Crippen LogP contribution < -0.4 is 10.5 Å². The first-order valence-corrected chi connectivity index (χ1v) is 6.51. The van der Waals surface area contributed by atoms with E-state index < -0.39 is 9.84 Å². The van der Waals surface area contributed by atoms with E-state index in [1.165, 1.54) is 43.5 Å². The highest BCUT2D eigenvalue weighted by molar-refractivity contribution is 7.91. The molecule has 0 fully saturated rings. The third-order valence-corrected chi connectivity index (χ3v) is 3.95. The Balaban J connectivity index is 2.44. The lowest BCUT2D eigenvalue weighted by atomic mass is 10.3. The molecule has 2 rings (SSSR count). The number of nitrogens with zero attached hydrogens (tertiary/aromatic N) is 2. The molecule has 0 aliphatic rings. The molecule has 0 unspecified atom stereocenters. The van der Waals surface area contributed by atoms with Crippen molar-refractivity contribution in [2.45, 2.75) is 9.92 Å². The van der Waals surface area contributed by atoms with Crippen LogP contribution in [0.3, 0.4) is 0 Å². The van der Waals surface area contributed by atoms with Crippen LogP contribution in [-0.2, 0) is 9.84 Å². The molecule has 1 aromatic heterocycles. The van der Waals surface area contributed by atoms with E-state index in [2.05, 4.69) is 10.2 Å². The smallest absolute Gasteiger partial charge is 0.233 e. The van der Waals surface area contributed by atoms with Crippen molar-refractivity contribution < 1.29 is 13.2 Å². The van der Waals surface area contributed by atoms with Crippen molar-refractivity contribution in [3.8, 4) is 5.88 Å². The molecule has 0 saturated carbocycles. The van der Waals surface area contributed by atoms with Gasteiger partial charge in [-0.2, -0.15) is 0 Å². The van der Waals surface area contributed by atoms with Crippen LogP contribution in [0.15, 0.2) is 46.3 Å². The first-order chi connectivity index (χ1) is 8.54. The molecule has 0 aliphatic heterocycles. The molecule has 0 amide bonds. The van der Waals surface area contributed by atoms with Crippen LogP contribution in [0.1, 0.15) is 0 Å². The van der Waals surface area contributed by atoms with Crippen molar-refractivity contribution in [1.82, 2.24) is 10.2 Å². The topological polar surface area (TPSA) is 95.2 Å². The van der Waals surface area contributed by atoms with Gasteiger partial charge in [-0.25, -0.2) is 8.42 Å². The van der Waals surface area contributed by atoms with Gasteiger partial charge in [-0.15, -0.1) is 10.2 Å². The van der Waals surface area contributed by atoms with Gasteiger partial charge in [0.15, 0.2) is 5.03 Å². The fourth-order valence-corrected chi connectivity index (χ4v) is 2.46. The molecule has 1 heterocycles. The fourth-order valence-electron chi connectivity index (χ4n) is 1.33. The summed E-state index contributed by atoms with van der Waals surface area (Å²) in [6, 6.07) is 8.68. The molecule has 0 aliphatic carbocycles. The van der Waals surface area contributed by atoms with Crippen molar-refractivity contribution in [2.75, 3.05) is 12.8 Å². The number of nitrogen functional groups attached to an aromatic ring is 1. The number of rotatable bonds is 3. The van der Waals surface area contributed by atoms with Gasteiger partial charge >= 0.3 is 0 Å². The molecule has 0 atom stereocenters. The Kier molecular flexibility index (Phi) is 3.15. The second-order valence-electron chi connectivity index (χ2n) is 3.49. The Morgan fingerprint density at radius 1 is 1.06 bits per heavy atom. The highest BCUT2D eigenvalue weighted by Gasteiger charge is 2.19. The Bertz CT molecular complexity index is 636. The number of sulfone groups is 1. The van der Waals surface area contributed by atoms with E-state index in [1.807, 2.05) is 0 Å². The van der Waals surface area contributed by atoms with Crippen LogP contribution in [-0.4, -0.2) is 25.7 Å². The molecule has 7 heteroatoms. The molecule has 0 radical (unpaired) electrons. The summed E-state index contributed by atoms with van der Waals surface area (Å²) >= 11 is 0. The standard InChI is InChI=1S/C11H11N3O3S/c1-17-10-6-7-11(14-13-10)18(15,16)9-4-2-8(12)3-5-9/h2-7H,12H2,1H3. The maximum atomic E-state index is 12.2. The molecule has 94 valence electrons. The van der Waals surface area contributed by atoms with Gasteiger partial charge in [-0.3, -0.25) is 0 Å². The average Bonchev–Trinajstić information content (AvgIpc) is 2.39. The van der Waals surface area contributed by atoms with Gasteiger partial charge in [0.05, 0.1) is 12.0 Å². The molecule has 2 N–H and O–H groups in total.